The summed E-state index contributed by atoms with van der Waals surface area (Å²) in [7, 11) is -2.77. The van der Waals surface area contributed by atoms with Crippen molar-refractivity contribution in [1.29, 1.82) is 0 Å². The Morgan fingerprint density at radius 3 is 2.41 bits per heavy atom. The van der Waals surface area contributed by atoms with Crippen molar-refractivity contribution in [1.82, 2.24) is 9.62 Å². The summed E-state index contributed by atoms with van der Waals surface area (Å²) < 4.78 is 61.5. The second-order valence-corrected chi connectivity index (χ2v) is 9.75. The van der Waals surface area contributed by atoms with Crippen molar-refractivity contribution in [2.45, 2.75) is 37.3 Å². The minimum atomic E-state index is -3.95. The topological polar surface area (TPSA) is 102 Å². The lowest BCUT2D eigenvalue weighted by molar-refractivity contribution is -0.126. The smallest absolute Gasteiger partial charge is 0.387 e. The second-order valence-electron chi connectivity index (χ2n) is 7.85. The molecule has 0 saturated carbocycles. The number of hydrogen-bond donors (Lipinski definition) is 1. The Kier molecular flexibility index (Phi) is 8.21. The van der Waals surface area contributed by atoms with E-state index in [0.717, 1.165) is 0 Å². The van der Waals surface area contributed by atoms with E-state index in [1.807, 2.05) is 0 Å². The number of nitrogens with one attached hydrogen (secondary N) is 1. The molecular formula is C23H26F2N2O6S. The first-order valence-electron chi connectivity index (χ1n) is 10.7. The fourth-order valence-electron chi connectivity index (χ4n) is 3.84. The van der Waals surface area contributed by atoms with E-state index in [1.165, 1.54) is 41.7 Å². The van der Waals surface area contributed by atoms with Gasteiger partial charge in [-0.2, -0.15) is 13.1 Å². The predicted octanol–water partition coefficient (Wildman–Crippen LogP) is 3.35. The Hall–Kier alpha value is -3.05. The Morgan fingerprint density at radius 1 is 1.09 bits per heavy atom. The number of nitrogens with zero attached hydrogens (tertiary/aromatic N) is 1. The minimum absolute atomic E-state index is 0.000602. The number of hydrogen-bond acceptors (Lipinski definition) is 6. The maximum Gasteiger partial charge on any atom is 0.387 e. The average Bonchev–Trinajstić information content (AvgIpc) is 2.83. The molecule has 1 N–H and O–H groups in total. The lowest BCUT2D eigenvalue weighted by Gasteiger charge is -2.31. The number of amides is 1. The number of rotatable bonds is 8. The number of sulfonamides is 1. The van der Waals surface area contributed by atoms with Crippen molar-refractivity contribution in [3.05, 3.63) is 59.7 Å². The fourth-order valence-corrected chi connectivity index (χ4v) is 5.49. The van der Waals surface area contributed by atoms with Crippen LogP contribution in [0.4, 0.5) is 8.78 Å². The molecule has 0 spiro atoms. The van der Waals surface area contributed by atoms with Crippen molar-refractivity contribution in [3.63, 3.8) is 0 Å². The van der Waals surface area contributed by atoms with Gasteiger partial charge >= 0.3 is 12.6 Å². The van der Waals surface area contributed by atoms with Gasteiger partial charge in [-0.15, -0.1) is 0 Å². The van der Waals surface area contributed by atoms with Crippen LogP contribution in [0.15, 0.2) is 53.4 Å². The molecule has 2 aromatic rings. The van der Waals surface area contributed by atoms with E-state index in [9.17, 15) is 26.8 Å². The van der Waals surface area contributed by atoms with Crippen molar-refractivity contribution in [2.24, 2.45) is 5.92 Å². The third-order valence-corrected chi connectivity index (χ3v) is 7.63. The molecule has 3 rings (SSSR count). The first kappa shape index (κ1) is 25.6. The molecule has 34 heavy (non-hydrogen) atoms. The molecule has 1 saturated heterocycles. The molecule has 0 aliphatic carbocycles. The lowest BCUT2D eigenvalue weighted by atomic mass is 9.96. The van der Waals surface area contributed by atoms with Crippen LogP contribution in [-0.2, 0) is 19.6 Å². The summed E-state index contributed by atoms with van der Waals surface area (Å²) in [5.74, 6) is -1.41. The van der Waals surface area contributed by atoms with E-state index in [2.05, 4.69) is 14.8 Å². The normalized spacial score (nSPS) is 16.1. The highest BCUT2D eigenvalue weighted by molar-refractivity contribution is 7.89. The zero-order valence-corrected chi connectivity index (χ0v) is 19.6. The first-order valence-corrected chi connectivity index (χ1v) is 12.1. The summed E-state index contributed by atoms with van der Waals surface area (Å²) in [5, 5.41) is 2.85. The molecule has 0 radical (unpaired) electrons. The lowest BCUT2D eigenvalue weighted by Crippen LogP contribution is -2.43. The highest BCUT2D eigenvalue weighted by Gasteiger charge is 2.34. The molecule has 0 bridgehead atoms. The van der Waals surface area contributed by atoms with Crippen molar-refractivity contribution < 1.29 is 36.3 Å². The number of ether oxygens (including phenoxy) is 2. The number of carbonyl (C=O) groups excluding carboxylic acids is 2. The summed E-state index contributed by atoms with van der Waals surface area (Å²) in [6.45, 7) is -0.992. The van der Waals surface area contributed by atoms with E-state index in [0.29, 0.717) is 18.4 Å². The van der Waals surface area contributed by atoms with Gasteiger partial charge in [-0.1, -0.05) is 24.3 Å². The maximum absolute atomic E-state index is 13.1. The monoisotopic (exact) mass is 496 g/mol. The fraction of sp³-hybridized carbons (Fsp3) is 0.391. The van der Waals surface area contributed by atoms with Gasteiger partial charge in [0.15, 0.2) is 0 Å². The summed E-state index contributed by atoms with van der Waals surface area (Å²) in [6.07, 6.45) is 0.597. The number of piperidine rings is 1. The molecule has 1 aliphatic rings. The third kappa shape index (κ3) is 5.89. The van der Waals surface area contributed by atoms with Gasteiger partial charge in [-0.3, -0.25) is 4.79 Å². The molecule has 1 amide bonds. The van der Waals surface area contributed by atoms with E-state index < -0.39 is 34.6 Å². The molecule has 11 heteroatoms. The van der Waals surface area contributed by atoms with Crippen LogP contribution >= 0.6 is 0 Å². The highest BCUT2D eigenvalue weighted by atomic mass is 32.2. The second kappa shape index (κ2) is 10.9. The number of alkyl halides is 2. The molecule has 184 valence electrons. The van der Waals surface area contributed by atoms with Crippen LogP contribution < -0.4 is 10.1 Å². The predicted molar refractivity (Wildman–Crippen MR) is 119 cm³/mol. The molecule has 0 aromatic heterocycles. The molecule has 8 nitrogen and oxygen atoms in total. The van der Waals surface area contributed by atoms with E-state index in [1.54, 1.807) is 25.1 Å². The number of benzene rings is 2. The number of halogens is 2. The summed E-state index contributed by atoms with van der Waals surface area (Å²) in [4.78, 5) is 24.6. The average molecular weight is 497 g/mol. The van der Waals surface area contributed by atoms with Gasteiger partial charge in [0.25, 0.3) is 0 Å². The molecule has 1 heterocycles. The molecular weight excluding hydrogens is 470 g/mol. The van der Waals surface area contributed by atoms with Crippen LogP contribution in [0.25, 0.3) is 0 Å². The Morgan fingerprint density at radius 2 is 1.76 bits per heavy atom. The van der Waals surface area contributed by atoms with Crippen molar-refractivity contribution in [2.75, 3.05) is 20.2 Å². The van der Waals surface area contributed by atoms with Crippen LogP contribution in [-0.4, -0.2) is 51.4 Å². The van der Waals surface area contributed by atoms with Gasteiger partial charge in [-0.05, 0) is 49.6 Å². The minimum Gasteiger partial charge on any atom is -0.465 e. The summed E-state index contributed by atoms with van der Waals surface area (Å²) in [5.41, 5.74) is 0.558. The van der Waals surface area contributed by atoms with E-state index in [-0.39, 0.29) is 35.2 Å². The first-order chi connectivity index (χ1) is 16.1. The molecule has 2 aromatic carbocycles. The van der Waals surface area contributed by atoms with Crippen molar-refractivity contribution in [3.8, 4) is 5.75 Å². The van der Waals surface area contributed by atoms with Gasteiger partial charge < -0.3 is 14.8 Å². The maximum atomic E-state index is 13.1. The van der Waals surface area contributed by atoms with E-state index in [4.69, 9.17) is 0 Å². The van der Waals surface area contributed by atoms with Crippen LogP contribution in [0.5, 0.6) is 5.75 Å². The van der Waals surface area contributed by atoms with Gasteiger partial charge in [0.05, 0.1) is 23.6 Å². The van der Waals surface area contributed by atoms with Gasteiger partial charge in [0, 0.05) is 19.0 Å². The SMILES string of the molecule is COC(=O)c1ccccc1S(=O)(=O)N1CCC(C(=O)NC(C)c2cccc(OC(F)F)c2)CC1. The standard InChI is InChI=1S/C23H26F2N2O6S/c1-15(17-6-5-7-18(14-17)33-23(24)25)26-21(28)16-10-12-27(13-11-16)34(30,31)20-9-4-3-8-19(20)22(29)32-2/h3-9,14-16,23H,10-13H2,1-2H3,(H,26,28). The Balaban J connectivity index is 1.63. The Labute approximate surface area is 196 Å². The van der Waals surface area contributed by atoms with Crippen LogP contribution in [0, 0.1) is 5.92 Å². The highest BCUT2D eigenvalue weighted by Crippen LogP contribution is 2.27. The van der Waals surface area contributed by atoms with Crippen LogP contribution in [0.1, 0.15) is 41.7 Å². The summed E-state index contributed by atoms with van der Waals surface area (Å²) in [6, 6.07) is 11.5. The third-order valence-electron chi connectivity index (χ3n) is 5.68. The van der Waals surface area contributed by atoms with Gasteiger partial charge in [0.1, 0.15) is 5.75 Å². The van der Waals surface area contributed by atoms with Gasteiger partial charge in [-0.25, -0.2) is 13.2 Å². The zero-order valence-electron chi connectivity index (χ0n) is 18.7. The summed E-state index contributed by atoms with van der Waals surface area (Å²) >= 11 is 0. The molecule has 1 unspecified atom stereocenters. The van der Waals surface area contributed by atoms with Crippen molar-refractivity contribution >= 4 is 21.9 Å². The van der Waals surface area contributed by atoms with Gasteiger partial charge in [0.2, 0.25) is 15.9 Å². The molecule has 1 fully saturated rings. The zero-order chi connectivity index (χ0) is 24.9. The Bertz CT molecular complexity index is 1130. The largest absolute Gasteiger partial charge is 0.465 e. The van der Waals surface area contributed by atoms with E-state index >= 15 is 0 Å². The molecule has 1 aliphatic heterocycles. The molecule has 1 atom stereocenters. The number of carbonyl (C=O) groups is 2. The van der Waals surface area contributed by atoms with Crippen LogP contribution in [0.3, 0.4) is 0 Å². The number of esters is 1. The number of methoxy groups -OCH3 is 1. The van der Waals surface area contributed by atoms with Crippen LogP contribution in [0.2, 0.25) is 0 Å². The quantitative estimate of drug-likeness (QED) is 0.563.